The molecule has 1 aromatic rings. The van der Waals surface area contributed by atoms with Crippen molar-refractivity contribution in [3.05, 3.63) is 59.9 Å². The fraction of sp³-hybridized carbons (Fsp3) is 0.560. The van der Waals surface area contributed by atoms with Crippen molar-refractivity contribution in [2.75, 3.05) is 32.9 Å². The zero-order chi connectivity index (χ0) is 27.5. The first-order chi connectivity index (χ1) is 17.2. The van der Waals surface area contributed by atoms with Crippen LogP contribution in [0, 0.1) is 11.8 Å². The summed E-state index contributed by atoms with van der Waals surface area (Å²) in [5, 5.41) is 5.10. The van der Waals surface area contributed by atoms with E-state index in [0.717, 1.165) is 16.8 Å². The molecule has 2 unspecified atom stereocenters. The Balaban J connectivity index is 1.67. The molecule has 0 aromatic carbocycles. The van der Waals surface area contributed by atoms with Crippen LogP contribution >= 0.6 is 11.6 Å². The van der Waals surface area contributed by atoms with Gasteiger partial charge in [-0.15, -0.1) is 0 Å². The third kappa shape index (κ3) is 7.72. The monoisotopic (exact) mass is 552 g/mol. The van der Waals surface area contributed by atoms with Gasteiger partial charge in [-0.2, -0.15) is 31.4 Å². The molecule has 2 aliphatic heterocycles. The number of allylic oxidation sites excluding steroid dienone is 6. The lowest BCUT2D eigenvalue weighted by Gasteiger charge is -2.26. The SMILES string of the molecule is C=C/C=C\C(=C/C(=C)Cl)c1nn(C(C)C)cc1CN1CC2CN(COC(C(F)(F)F)C(F)(F)F)CC2C1. The van der Waals surface area contributed by atoms with Gasteiger partial charge < -0.3 is 4.74 Å². The van der Waals surface area contributed by atoms with Crippen LogP contribution < -0.4 is 0 Å². The number of alkyl halides is 6. The average Bonchev–Trinajstić information content (AvgIpc) is 3.42. The van der Waals surface area contributed by atoms with Crippen molar-refractivity contribution in [2.24, 2.45) is 11.8 Å². The zero-order valence-corrected chi connectivity index (χ0v) is 21.5. The Morgan fingerprint density at radius 2 is 1.68 bits per heavy atom. The summed E-state index contributed by atoms with van der Waals surface area (Å²) in [6.45, 7) is 13.4. The van der Waals surface area contributed by atoms with E-state index in [9.17, 15) is 26.3 Å². The Morgan fingerprint density at radius 1 is 1.11 bits per heavy atom. The Labute approximate surface area is 217 Å². The van der Waals surface area contributed by atoms with Crippen molar-refractivity contribution in [3.63, 3.8) is 0 Å². The van der Waals surface area contributed by atoms with Gasteiger partial charge in [0.25, 0.3) is 6.10 Å². The molecule has 2 fully saturated rings. The van der Waals surface area contributed by atoms with E-state index in [1.807, 2.05) is 30.8 Å². The molecule has 0 spiro atoms. The molecule has 0 N–H and O–H groups in total. The summed E-state index contributed by atoms with van der Waals surface area (Å²) in [6.07, 6.45) is -5.81. The lowest BCUT2D eigenvalue weighted by molar-refractivity contribution is -0.327. The van der Waals surface area contributed by atoms with E-state index in [1.54, 1.807) is 18.2 Å². The van der Waals surface area contributed by atoms with Crippen molar-refractivity contribution < 1.29 is 31.1 Å². The largest absolute Gasteiger partial charge is 0.423 e. The lowest BCUT2D eigenvalue weighted by Crippen LogP contribution is -2.46. The maximum atomic E-state index is 12.8. The summed E-state index contributed by atoms with van der Waals surface area (Å²) in [7, 11) is 0. The number of hydrogen-bond acceptors (Lipinski definition) is 4. The molecule has 37 heavy (non-hydrogen) atoms. The molecule has 2 saturated heterocycles. The summed E-state index contributed by atoms with van der Waals surface area (Å²) in [5.41, 5.74) is 2.51. The van der Waals surface area contributed by atoms with Crippen LogP contribution in [0.15, 0.2) is 48.7 Å². The summed E-state index contributed by atoms with van der Waals surface area (Å²) < 4.78 is 82.7. The summed E-state index contributed by atoms with van der Waals surface area (Å²) in [4.78, 5) is 3.75. The maximum Gasteiger partial charge on any atom is 0.423 e. The van der Waals surface area contributed by atoms with Crippen LogP contribution in [0.2, 0.25) is 0 Å². The van der Waals surface area contributed by atoms with Crippen molar-refractivity contribution in [1.29, 1.82) is 0 Å². The number of nitrogens with zero attached hydrogens (tertiary/aromatic N) is 4. The van der Waals surface area contributed by atoms with Gasteiger partial charge in [0.05, 0.1) is 5.69 Å². The minimum atomic E-state index is -5.51. The van der Waals surface area contributed by atoms with Gasteiger partial charge in [0.2, 0.25) is 0 Å². The molecule has 12 heteroatoms. The first-order valence-electron chi connectivity index (χ1n) is 11.8. The summed E-state index contributed by atoms with van der Waals surface area (Å²) in [5.74, 6) is 0.251. The predicted molar refractivity (Wildman–Crippen MR) is 131 cm³/mol. The average molecular weight is 553 g/mol. The molecule has 2 aliphatic rings. The zero-order valence-electron chi connectivity index (χ0n) is 20.7. The predicted octanol–water partition coefficient (Wildman–Crippen LogP) is 6.17. The lowest BCUT2D eigenvalue weighted by atomic mass is 10.0. The minimum Gasteiger partial charge on any atom is -0.345 e. The van der Waals surface area contributed by atoms with E-state index in [4.69, 9.17) is 16.7 Å². The minimum absolute atomic E-state index is 0.125. The smallest absolute Gasteiger partial charge is 0.345 e. The van der Waals surface area contributed by atoms with Gasteiger partial charge in [0, 0.05) is 61.1 Å². The Morgan fingerprint density at radius 3 is 2.16 bits per heavy atom. The number of ether oxygens (including phenoxy) is 1. The summed E-state index contributed by atoms with van der Waals surface area (Å²) in [6, 6.07) is 0.125. The van der Waals surface area contributed by atoms with Crippen molar-refractivity contribution in [3.8, 4) is 0 Å². The van der Waals surface area contributed by atoms with E-state index >= 15 is 0 Å². The Bertz CT molecular complexity index is 1000. The number of aromatic nitrogens is 2. The number of likely N-dealkylation sites (tertiary alicyclic amines) is 2. The van der Waals surface area contributed by atoms with Gasteiger partial charge in [0.1, 0.15) is 6.73 Å². The van der Waals surface area contributed by atoms with Crippen LogP contribution in [-0.4, -0.2) is 70.9 Å². The molecule has 0 bridgehead atoms. The highest BCUT2D eigenvalue weighted by atomic mass is 35.5. The third-order valence-electron chi connectivity index (χ3n) is 6.38. The quantitative estimate of drug-likeness (QED) is 0.257. The van der Waals surface area contributed by atoms with Crippen LogP contribution in [0.5, 0.6) is 0 Å². The first-order valence-corrected chi connectivity index (χ1v) is 12.2. The topological polar surface area (TPSA) is 33.5 Å². The highest BCUT2D eigenvalue weighted by Gasteiger charge is 2.58. The highest BCUT2D eigenvalue weighted by molar-refractivity contribution is 6.31. The van der Waals surface area contributed by atoms with Crippen LogP contribution in [0.25, 0.3) is 5.57 Å². The van der Waals surface area contributed by atoms with E-state index in [-0.39, 0.29) is 17.9 Å². The second-order valence-corrected chi connectivity index (χ2v) is 10.2. The molecule has 0 amide bonds. The molecule has 3 heterocycles. The Kier molecular flexibility index (Phi) is 9.36. The fourth-order valence-corrected chi connectivity index (χ4v) is 4.92. The molecule has 0 aliphatic carbocycles. The molecular weight excluding hydrogens is 522 g/mol. The van der Waals surface area contributed by atoms with Gasteiger partial charge in [-0.3, -0.25) is 14.5 Å². The number of hydrogen-bond donors (Lipinski definition) is 0. The normalized spacial score (nSPS) is 22.1. The van der Waals surface area contributed by atoms with Crippen LogP contribution in [0.4, 0.5) is 26.3 Å². The molecule has 2 atom stereocenters. The Hall–Kier alpha value is -2.08. The molecule has 5 nitrogen and oxygen atoms in total. The van der Waals surface area contributed by atoms with Crippen molar-refractivity contribution >= 4 is 17.2 Å². The van der Waals surface area contributed by atoms with E-state index in [1.165, 1.54) is 4.90 Å². The number of rotatable bonds is 10. The molecule has 0 saturated carbocycles. The van der Waals surface area contributed by atoms with Crippen molar-refractivity contribution in [2.45, 2.75) is 44.9 Å². The molecule has 0 radical (unpaired) electrons. The highest BCUT2D eigenvalue weighted by Crippen LogP contribution is 2.37. The molecule has 1 aromatic heterocycles. The second kappa shape index (κ2) is 11.8. The third-order valence-corrected chi connectivity index (χ3v) is 6.49. The van der Waals surface area contributed by atoms with Gasteiger partial charge >= 0.3 is 12.4 Å². The molecular formula is C25H31ClF6N4O. The van der Waals surface area contributed by atoms with Crippen LogP contribution in [-0.2, 0) is 11.3 Å². The summed E-state index contributed by atoms with van der Waals surface area (Å²) >= 11 is 6.05. The number of fused-ring (bicyclic) bond motifs is 1. The second-order valence-electron chi connectivity index (χ2n) is 9.73. The maximum absolute atomic E-state index is 12.8. The van der Waals surface area contributed by atoms with E-state index < -0.39 is 25.2 Å². The fourth-order valence-electron chi connectivity index (χ4n) is 4.81. The van der Waals surface area contributed by atoms with Crippen LogP contribution in [0.1, 0.15) is 31.1 Å². The van der Waals surface area contributed by atoms with Gasteiger partial charge in [-0.25, -0.2) is 0 Å². The van der Waals surface area contributed by atoms with E-state index in [2.05, 4.69) is 22.8 Å². The van der Waals surface area contributed by atoms with Crippen molar-refractivity contribution in [1.82, 2.24) is 19.6 Å². The number of halogens is 7. The first kappa shape index (κ1) is 29.5. The van der Waals surface area contributed by atoms with Gasteiger partial charge in [-0.1, -0.05) is 43.0 Å². The van der Waals surface area contributed by atoms with Gasteiger partial charge in [-0.05, 0) is 31.8 Å². The van der Waals surface area contributed by atoms with E-state index in [0.29, 0.717) is 37.8 Å². The van der Waals surface area contributed by atoms with Crippen LogP contribution in [0.3, 0.4) is 0 Å². The molecule has 206 valence electrons. The molecule has 3 rings (SSSR count). The standard InChI is InChI=1S/C25H31ClF6N4O/c1-5-6-7-18(8-17(4)26)22-21(14-36(33-22)16(2)3)13-34-9-19-11-35(12-20(19)10-34)15-37-23(24(27,28)29)25(30,31)32/h5-8,14,16,19-20,23H,1,4,9-13,15H2,2-3H3/b7-6-,18-8+. The van der Waals surface area contributed by atoms with Gasteiger partial charge in [0.15, 0.2) is 0 Å².